The third-order valence-electron chi connectivity index (χ3n) is 4.27. The first-order chi connectivity index (χ1) is 9.77. The lowest BCUT2D eigenvalue weighted by Crippen LogP contribution is -2.33. The average Bonchev–Trinajstić information content (AvgIpc) is 2.43. The van der Waals surface area contributed by atoms with Gasteiger partial charge in [-0.05, 0) is 38.3 Å². The molecule has 21 heavy (non-hydrogen) atoms. The molecule has 1 heterocycles. The van der Waals surface area contributed by atoms with Gasteiger partial charge in [-0.1, -0.05) is 19.1 Å². The standard InChI is InChI=1S/C17H23NO3/c1-11(17(2,3)20)10-13-15(21-5)12-8-6-7-9-14(12)18(4)16(13)19/h6-9,11,20H,10H2,1-5H3/t11-/m0/s1. The molecule has 1 N–H and O–H groups in total. The van der Waals surface area contributed by atoms with Gasteiger partial charge in [0, 0.05) is 12.4 Å². The molecule has 4 heteroatoms. The van der Waals surface area contributed by atoms with Crippen LogP contribution >= 0.6 is 0 Å². The molecule has 0 fully saturated rings. The molecule has 0 saturated carbocycles. The number of hydrogen-bond donors (Lipinski definition) is 1. The van der Waals surface area contributed by atoms with E-state index in [1.54, 1.807) is 32.6 Å². The average molecular weight is 289 g/mol. The van der Waals surface area contributed by atoms with E-state index in [1.807, 2.05) is 31.2 Å². The molecular formula is C17H23NO3. The van der Waals surface area contributed by atoms with Crippen molar-refractivity contribution < 1.29 is 9.84 Å². The number of ether oxygens (including phenoxy) is 1. The molecule has 2 aromatic rings. The summed E-state index contributed by atoms with van der Waals surface area (Å²) in [5, 5.41) is 11.1. The van der Waals surface area contributed by atoms with Crippen LogP contribution in [0.4, 0.5) is 0 Å². The first-order valence-electron chi connectivity index (χ1n) is 7.14. The number of methoxy groups -OCH3 is 1. The molecule has 0 bridgehead atoms. The number of para-hydroxylation sites is 1. The van der Waals surface area contributed by atoms with Gasteiger partial charge >= 0.3 is 0 Å². The fourth-order valence-corrected chi connectivity index (χ4v) is 2.50. The van der Waals surface area contributed by atoms with Gasteiger partial charge in [-0.15, -0.1) is 0 Å². The Kier molecular flexibility index (Phi) is 4.10. The van der Waals surface area contributed by atoms with Crippen molar-refractivity contribution in [2.75, 3.05) is 7.11 Å². The van der Waals surface area contributed by atoms with E-state index < -0.39 is 5.60 Å². The Morgan fingerprint density at radius 2 is 1.95 bits per heavy atom. The molecule has 0 unspecified atom stereocenters. The summed E-state index contributed by atoms with van der Waals surface area (Å²) in [4.78, 5) is 12.6. The van der Waals surface area contributed by atoms with Crippen LogP contribution in [-0.4, -0.2) is 22.4 Å². The van der Waals surface area contributed by atoms with Crippen molar-refractivity contribution in [3.63, 3.8) is 0 Å². The van der Waals surface area contributed by atoms with Crippen LogP contribution in [0.3, 0.4) is 0 Å². The fourth-order valence-electron chi connectivity index (χ4n) is 2.50. The smallest absolute Gasteiger partial charge is 0.257 e. The molecular weight excluding hydrogens is 266 g/mol. The van der Waals surface area contributed by atoms with Gasteiger partial charge in [0.1, 0.15) is 5.75 Å². The lowest BCUT2D eigenvalue weighted by molar-refractivity contribution is 0.0247. The maximum Gasteiger partial charge on any atom is 0.257 e. The zero-order valence-electron chi connectivity index (χ0n) is 13.3. The minimum atomic E-state index is -0.846. The number of nitrogens with zero attached hydrogens (tertiary/aromatic N) is 1. The minimum absolute atomic E-state index is 0.0553. The fraction of sp³-hybridized carbons (Fsp3) is 0.471. The number of fused-ring (bicyclic) bond motifs is 1. The summed E-state index contributed by atoms with van der Waals surface area (Å²) in [6.07, 6.45) is 0.476. The summed E-state index contributed by atoms with van der Waals surface area (Å²) in [5.41, 5.74) is 0.552. The topological polar surface area (TPSA) is 51.5 Å². The zero-order valence-corrected chi connectivity index (χ0v) is 13.3. The molecule has 0 radical (unpaired) electrons. The van der Waals surface area contributed by atoms with E-state index in [4.69, 9.17) is 4.74 Å². The summed E-state index contributed by atoms with van der Waals surface area (Å²) < 4.78 is 7.16. The number of aromatic nitrogens is 1. The summed E-state index contributed by atoms with van der Waals surface area (Å²) >= 11 is 0. The minimum Gasteiger partial charge on any atom is -0.496 e. The maximum atomic E-state index is 12.6. The second-order valence-electron chi connectivity index (χ2n) is 6.15. The van der Waals surface area contributed by atoms with Crippen LogP contribution in [0.15, 0.2) is 29.1 Å². The van der Waals surface area contributed by atoms with Gasteiger partial charge < -0.3 is 14.4 Å². The van der Waals surface area contributed by atoms with Gasteiger partial charge in [-0.2, -0.15) is 0 Å². The Hall–Kier alpha value is -1.81. The van der Waals surface area contributed by atoms with E-state index in [-0.39, 0.29) is 11.5 Å². The van der Waals surface area contributed by atoms with Crippen LogP contribution < -0.4 is 10.3 Å². The number of aliphatic hydroxyl groups is 1. The van der Waals surface area contributed by atoms with Crippen molar-refractivity contribution in [2.24, 2.45) is 13.0 Å². The van der Waals surface area contributed by atoms with Gasteiger partial charge in [-0.25, -0.2) is 0 Å². The summed E-state index contributed by atoms with van der Waals surface area (Å²) in [6, 6.07) is 7.69. The Labute approximate surface area is 125 Å². The van der Waals surface area contributed by atoms with Gasteiger partial charge in [0.05, 0.1) is 23.8 Å². The highest BCUT2D eigenvalue weighted by Gasteiger charge is 2.26. The molecule has 0 spiro atoms. The van der Waals surface area contributed by atoms with Gasteiger partial charge in [-0.3, -0.25) is 4.79 Å². The second kappa shape index (κ2) is 5.53. The van der Waals surface area contributed by atoms with E-state index in [0.717, 1.165) is 10.9 Å². The maximum absolute atomic E-state index is 12.6. The molecule has 1 aromatic carbocycles. The van der Waals surface area contributed by atoms with Crippen LogP contribution in [0.2, 0.25) is 0 Å². The van der Waals surface area contributed by atoms with Crippen LogP contribution in [0.1, 0.15) is 26.3 Å². The van der Waals surface area contributed by atoms with Crippen LogP contribution in [-0.2, 0) is 13.5 Å². The quantitative estimate of drug-likeness (QED) is 0.941. The van der Waals surface area contributed by atoms with Gasteiger partial charge in [0.15, 0.2) is 0 Å². The Morgan fingerprint density at radius 3 is 2.52 bits per heavy atom. The van der Waals surface area contributed by atoms with Crippen molar-refractivity contribution in [1.82, 2.24) is 4.57 Å². The predicted octanol–water partition coefficient (Wildman–Crippen LogP) is 2.50. The van der Waals surface area contributed by atoms with Crippen molar-refractivity contribution >= 4 is 10.9 Å². The molecule has 0 aliphatic rings. The zero-order chi connectivity index (χ0) is 15.8. The van der Waals surface area contributed by atoms with Crippen molar-refractivity contribution in [3.8, 4) is 5.75 Å². The molecule has 4 nitrogen and oxygen atoms in total. The highest BCUT2D eigenvalue weighted by molar-refractivity contribution is 5.86. The largest absolute Gasteiger partial charge is 0.496 e. The van der Waals surface area contributed by atoms with Crippen LogP contribution in [0.25, 0.3) is 10.9 Å². The molecule has 0 aliphatic carbocycles. The molecule has 1 atom stereocenters. The normalized spacial score (nSPS) is 13.4. The number of rotatable bonds is 4. The Balaban J connectivity index is 2.68. The first kappa shape index (κ1) is 15.6. The molecule has 114 valence electrons. The van der Waals surface area contributed by atoms with Gasteiger partial charge in [0.25, 0.3) is 5.56 Å². The van der Waals surface area contributed by atoms with E-state index in [9.17, 15) is 9.90 Å². The third kappa shape index (κ3) is 2.81. The predicted molar refractivity (Wildman–Crippen MR) is 84.9 cm³/mol. The second-order valence-corrected chi connectivity index (χ2v) is 6.15. The molecule has 0 aliphatic heterocycles. The summed E-state index contributed by atoms with van der Waals surface area (Å²) in [5.74, 6) is 0.560. The van der Waals surface area contributed by atoms with Crippen molar-refractivity contribution in [3.05, 3.63) is 40.2 Å². The Morgan fingerprint density at radius 1 is 1.33 bits per heavy atom. The number of aryl methyl sites for hydroxylation is 1. The van der Waals surface area contributed by atoms with E-state index in [0.29, 0.717) is 17.7 Å². The van der Waals surface area contributed by atoms with E-state index >= 15 is 0 Å². The molecule has 2 rings (SSSR count). The highest BCUT2D eigenvalue weighted by atomic mass is 16.5. The van der Waals surface area contributed by atoms with Gasteiger partial charge in [0.2, 0.25) is 0 Å². The number of pyridine rings is 1. The highest BCUT2D eigenvalue weighted by Crippen LogP contribution is 2.30. The SMILES string of the molecule is COc1c(C[C@H](C)C(C)(C)O)c(=O)n(C)c2ccccc12. The summed E-state index contributed by atoms with van der Waals surface area (Å²) in [7, 11) is 3.35. The van der Waals surface area contributed by atoms with E-state index in [1.165, 1.54) is 0 Å². The van der Waals surface area contributed by atoms with Crippen molar-refractivity contribution in [1.29, 1.82) is 0 Å². The monoisotopic (exact) mass is 289 g/mol. The number of hydrogen-bond acceptors (Lipinski definition) is 3. The van der Waals surface area contributed by atoms with Crippen LogP contribution in [0, 0.1) is 5.92 Å². The molecule has 0 amide bonds. The third-order valence-corrected chi connectivity index (χ3v) is 4.27. The van der Waals surface area contributed by atoms with Crippen molar-refractivity contribution in [2.45, 2.75) is 32.8 Å². The molecule has 0 saturated heterocycles. The van der Waals surface area contributed by atoms with Crippen LogP contribution in [0.5, 0.6) is 5.75 Å². The van der Waals surface area contributed by atoms with E-state index in [2.05, 4.69) is 0 Å². The Bertz CT molecular complexity index is 710. The molecule has 1 aromatic heterocycles. The lowest BCUT2D eigenvalue weighted by Gasteiger charge is -2.26. The first-order valence-corrected chi connectivity index (χ1v) is 7.14. The number of benzene rings is 1. The summed E-state index contributed by atoms with van der Waals surface area (Å²) in [6.45, 7) is 5.46. The lowest BCUT2D eigenvalue weighted by atomic mass is 9.87.